The molecular weight excluding hydrogens is 422 g/mol. The SMILES string of the molecule is CC(=O)c1ccc(NC(=O)c2ccc3nc(-c4ccccc4)c(-c4ccccc4)nc3c2)cc1. The van der Waals surface area contributed by atoms with Crippen LogP contribution in [0.5, 0.6) is 0 Å². The van der Waals surface area contributed by atoms with Crippen LogP contribution in [-0.4, -0.2) is 21.7 Å². The molecule has 164 valence electrons. The molecule has 1 N–H and O–H groups in total. The van der Waals surface area contributed by atoms with Crippen LogP contribution in [0, 0.1) is 0 Å². The predicted octanol–water partition coefficient (Wildman–Crippen LogP) is 6.42. The topological polar surface area (TPSA) is 72.0 Å². The van der Waals surface area contributed by atoms with Gasteiger partial charge in [0.25, 0.3) is 5.91 Å². The minimum atomic E-state index is -0.257. The Bertz CT molecular complexity index is 1500. The molecule has 1 aromatic heterocycles. The van der Waals surface area contributed by atoms with E-state index in [4.69, 9.17) is 9.97 Å². The molecule has 5 heteroatoms. The molecule has 34 heavy (non-hydrogen) atoms. The molecule has 0 aliphatic heterocycles. The quantitative estimate of drug-likeness (QED) is 0.318. The maximum absolute atomic E-state index is 12.9. The zero-order valence-corrected chi connectivity index (χ0v) is 18.5. The third-order valence-electron chi connectivity index (χ3n) is 5.57. The van der Waals surface area contributed by atoms with Crippen molar-refractivity contribution in [2.75, 3.05) is 5.32 Å². The maximum Gasteiger partial charge on any atom is 0.255 e. The zero-order chi connectivity index (χ0) is 23.5. The summed E-state index contributed by atoms with van der Waals surface area (Å²) in [5.74, 6) is -0.275. The van der Waals surface area contributed by atoms with E-state index < -0.39 is 0 Å². The van der Waals surface area contributed by atoms with Gasteiger partial charge in [0.05, 0.1) is 22.4 Å². The Kier molecular flexibility index (Phi) is 5.67. The van der Waals surface area contributed by atoms with E-state index in [1.54, 1.807) is 36.4 Å². The summed E-state index contributed by atoms with van der Waals surface area (Å²) in [7, 11) is 0. The second kappa shape index (κ2) is 9.08. The Morgan fingerprint density at radius 3 is 1.71 bits per heavy atom. The van der Waals surface area contributed by atoms with E-state index in [0.29, 0.717) is 27.8 Å². The van der Waals surface area contributed by atoms with Gasteiger partial charge in [-0.15, -0.1) is 0 Å². The van der Waals surface area contributed by atoms with E-state index in [-0.39, 0.29) is 11.7 Å². The molecule has 0 unspecified atom stereocenters. The van der Waals surface area contributed by atoms with Gasteiger partial charge in [0, 0.05) is 27.9 Å². The summed E-state index contributed by atoms with van der Waals surface area (Å²) in [6, 6.07) is 32.0. The van der Waals surface area contributed by atoms with Crippen LogP contribution in [0.15, 0.2) is 103 Å². The van der Waals surface area contributed by atoms with Crippen LogP contribution in [0.25, 0.3) is 33.5 Å². The number of hydrogen-bond acceptors (Lipinski definition) is 4. The number of aromatic nitrogens is 2. The van der Waals surface area contributed by atoms with E-state index in [1.807, 2.05) is 66.7 Å². The van der Waals surface area contributed by atoms with Gasteiger partial charge < -0.3 is 5.32 Å². The summed E-state index contributed by atoms with van der Waals surface area (Å²) < 4.78 is 0. The zero-order valence-electron chi connectivity index (χ0n) is 18.5. The summed E-state index contributed by atoms with van der Waals surface area (Å²) >= 11 is 0. The van der Waals surface area contributed by atoms with Gasteiger partial charge in [0.2, 0.25) is 0 Å². The molecule has 0 bridgehead atoms. The first-order valence-electron chi connectivity index (χ1n) is 10.9. The van der Waals surface area contributed by atoms with Gasteiger partial charge in [-0.2, -0.15) is 0 Å². The molecule has 1 heterocycles. The summed E-state index contributed by atoms with van der Waals surface area (Å²) in [6.45, 7) is 1.51. The number of rotatable bonds is 5. The van der Waals surface area contributed by atoms with E-state index in [1.165, 1.54) is 6.92 Å². The molecule has 5 rings (SSSR count). The molecule has 0 atom stereocenters. The number of Topliss-reactive ketones (excluding diaryl/α,β-unsaturated/α-hetero) is 1. The van der Waals surface area contributed by atoms with Crippen LogP contribution in [0.3, 0.4) is 0 Å². The Hall–Kier alpha value is -4.64. The lowest BCUT2D eigenvalue weighted by Gasteiger charge is -2.11. The Morgan fingerprint density at radius 1 is 0.618 bits per heavy atom. The van der Waals surface area contributed by atoms with Crippen LogP contribution >= 0.6 is 0 Å². The fraction of sp³-hybridized carbons (Fsp3) is 0.0345. The van der Waals surface area contributed by atoms with E-state index in [2.05, 4.69) is 5.32 Å². The van der Waals surface area contributed by atoms with Gasteiger partial charge >= 0.3 is 0 Å². The lowest BCUT2D eigenvalue weighted by Crippen LogP contribution is -2.12. The van der Waals surface area contributed by atoms with Crippen molar-refractivity contribution >= 4 is 28.4 Å². The van der Waals surface area contributed by atoms with Crippen molar-refractivity contribution < 1.29 is 9.59 Å². The number of carbonyl (C=O) groups excluding carboxylic acids is 2. The first-order valence-corrected chi connectivity index (χ1v) is 10.9. The van der Waals surface area contributed by atoms with Crippen LogP contribution < -0.4 is 5.32 Å². The summed E-state index contributed by atoms with van der Waals surface area (Å²) in [5.41, 5.74) is 6.52. The standard InChI is InChI=1S/C29H21N3O2/c1-19(33)20-12-15-24(16-13-20)30-29(34)23-14-17-25-26(18-23)32-28(22-10-6-3-7-11-22)27(31-25)21-8-4-2-5-9-21/h2-18H,1H3,(H,30,34). The van der Waals surface area contributed by atoms with Crippen LogP contribution in [-0.2, 0) is 0 Å². The maximum atomic E-state index is 12.9. The molecule has 5 aromatic rings. The van der Waals surface area contributed by atoms with Crippen molar-refractivity contribution in [2.24, 2.45) is 0 Å². The second-order valence-corrected chi connectivity index (χ2v) is 7.94. The molecule has 1 amide bonds. The Balaban J connectivity index is 1.54. The summed E-state index contributed by atoms with van der Waals surface area (Å²) in [4.78, 5) is 34.2. The Morgan fingerprint density at radius 2 is 1.15 bits per heavy atom. The van der Waals surface area contributed by atoms with Gasteiger partial charge in [-0.1, -0.05) is 60.7 Å². The molecule has 4 aromatic carbocycles. The fourth-order valence-corrected chi connectivity index (χ4v) is 3.78. The van der Waals surface area contributed by atoms with Crippen molar-refractivity contribution in [3.05, 3.63) is 114 Å². The van der Waals surface area contributed by atoms with Crippen LogP contribution in [0.4, 0.5) is 5.69 Å². The molecule has 0 aliphatic carbocycles. The van der Waals surface area contributed by atoms with Crippen molar-refractivity contribution in [1.29, 1.82) is 0 Å². The molecule has 0 saturated carbocycles. The average Bonchev–Trinajstić information content (AvgIpc) is 2.89. The number of fused-ring (bicyclic) bond motifs is 1. The van der Waals surface area contributed by atoms with Crippen molar-refractivity contribution in [3.8, 4) is 22.5 Å². The number of nitrogens with zero attached hydrogens (tertiary/aromatic N) is 2. The minimum absolute atomic E-state index is 0.0185. The van der Waals surface area contributed by atoms with Gasteiger partial charge in [0.1, 0.15) is 0 Å². The number of amides is 1. The van der Waals surface area contributed by atoms with Crippen LogP contribution in [0.1, 0.15) is 27.6 Å². The number of nitrogens with one attached hydrogen (secondary N) is 1. The number of carbonyl (C=O) groups is 2. The monoisotopic (exact) mass is 443 g/mol. The third kappa shape index (κ3) is 4.32. The molecule has 0 saturated heterocycles. The highest BCUT2D eigenvalue weighted by Crippen LogP contribution is 2.31. The lowest BCUT2D eigenvalue weighted by molar-refractivity contribution is 0.101. The minimum Gasteiger partial charge on any atom is -0.322 e. The number of anilines is 1. The lowest BCUT2D eigenvalue weighted by atomic mass is 10.0. The highest BCUT2D eigenvalue weighted by atomic mass is 16.1. The average molecular weight is 444 g/mol. The second-order valence-electron chi connectivity index (χ2n) is 7.94. The normalized spacial score (nSPS) is 10.7. The first-order chi connectivity index (χ1) is 16.6. The highest BCUT2D eigenvalue weighted by molar-refractivity contribution is 6.06. The van der Waals surface area contributed by atoms with Crippen molar-refractivity contribution in [1.82, 2.24) is 9.97 Å². The summed E-state index contributed by atoms with van der Waals surface area (Å²) in [5, 5.41) is 2.87. The van der Waals surface area contributed by atoms with Gasteiger partial charge in [-0.3, -0.25) is 9.59 Å². The predicted molar refractivity (Wildman–Crippen MR) is 135 cm³/mol. The molecule has 5 nitrogen and oxygen atoms in total. The number of hydrogen-bond donors (Lipinski definition) is 1. The molecule has 0 fully saturated rings. The van der Waals surface area contributed by atoms with Crippen molar-refractivity contribution in [2.45, 2.75) is 6.92 Å². The third-order valence-corrected chi connectivity index (χ3v) is 5.57. The fourth-order valence-electron chi connectivity index (χ4n) is 3.78. The number of ketones is 1. The van der Waals surface area contributed by atoms with Crippen molar-refractivity contribution in [3.63, 3.8) is 0 Å². The van der Waals surface area contributed by atoms with E-state index in [0.717, 1.165) is 22.5 Å². The van der Waals surface area contributed by atoms with Crippen LogP contribution in [0.2, 0.25) is 0 Å². The molecule has 0 spiro atoms. The van der Waals surface area contributed by atoms with E-state index >= 15 is 0 Å². The molecular formula is C29H21N3O2. The molecule has 0 radical (unpaired) electrons. The summed E-state index contributed by atoms with van der Waals surface area (Å²) in [6.07, 6.45) is 0. The first kappa shape index (κ1) is 21.2. The smallest absolute Gasteiger partial charge is 0.255 e. The van der Waals surface area contributed by atoms with E-state index in [9.17, 15) is 9.59 Å². The number of benzene rings is 4. The van der Waals surface area contributed by atoms with Gasteiger partial charge in [-0.05, 0) is 49.4 Å². The molecule has 0 aliphatic rings. The van der Waals surface area contributed by atoms with Gasteiger partial charge in [-0.25, -0.2) is 9.97 Å². The highest BCUT2D eigenvalue weighted by Gasteiger charge is 2.15. The Labute approximate surface area is 197 Å². The van der Waals surface area contributed by atoms with Gasteiger partial charge in [0.15, 0.2) is 5.78 Å². The largest absolute Gasteiger partial charge is 0.322 e.